The molecule has 0 spiro atoms. The van der Waals surface area contributed by atoms with Gasteiger partial charge in [0.25, 0.3) is 0 Å². The molecule has 1 atom stereocenters. The van der Waals surface area contributed by atoms with Crippen molar-refractivity contribution in [1.82, 2.24) is 0 Å². The number of nitrogens with zero attached hydrogens (tertiary/aromatic N) is 1. The van der Waals surface area contributed by atoms with Crippen LogP contribution in [0.5, 0.6) is 0 Å². The first-order valence-corrected chi connectivity index (χ1v) is 6.85. The van der Waals surface area contributed by atoms with Crippen LogP contribution in [0.15, 0.2) is 36.4 Å². The number of anilines is 1. The van der Waals surface area contributed by atoms with E-state index < -0.39 is 0 Å². The summed E-state index contributed by atoms with van der Waals surface area (Å²) in [5, 5.41) is 12.7. The lowest BCUT2D eigenvalue weighted by molar-refractivity contribution is 0.879. The predicted octanol–water partition coefficient (Wildman–Crippen LogP) is 4.66. The fourth-order valence-electron chi connectivity index (χ4n) is 2.51. The Labute approximate surface area is 121 Å². The lowest BCUT2D eigenvalue weighted by Crippen LogP contribution is -2.09. The third-order valence-corrected chi connectivity index (χ3v) is 3.50. The molecule has 0 aliphatic carbocycles. The second-order valence-corrected chi connectivity index (χ2v) is 5.40. The van der Waals surface area contributed by atoms with E-state index in [4.69, 9.17) is 0 Å². The molecule has 2 nitrogen and oxygen atoms in total. The number of nitriles is 1. The van der Waals surface area contributed by atoms with E-state index >= 15 is 0 Å². The molecule has 2 rings (SSSR count). The summed E-state index contributed by atoms with van der Waals surface area (Å²) in [6.07, 6.45) is 0. The third-order valence-electron chi connectivity index (χ3n) is 3.50. The Bertz CT molecular complexity index is 645. The van der Waals surface area contributed by atoms with Gasteiger partial charge in [-0.25, -0.2) is 0 Å². The highest BCUT2D eigenvalue weighted by molar-refractivity contribution is 5.61. The Kier molecular flexibility index (Phi) is 4.10. The zero-order chi connectivity index (χ0) is 14.7. The van der Waals surface area contributed by atoms with Crippen LogP contribution in [0.25, 0.3) is 0 Å². The lowest BCUT2D eigenvalue weighted by atomic mass is 10.0. The van der Waals surface area contributed by atoms with Gasteiger partial charge >= 0.3 is 0 Å². The first-order valence-electron chi connectivity index (χ1n) is 6.85. The zero-order valence-electron chi connectivity index (χ0n) is 12.5. The molecule has 1 unspecified atom stereocenters. The van der Waals surface area contributed by atoms with Crippen LogP contribution in [0.4, 0.5) is 5.69 Å². The van der Waals surface area contributed by atoms with Crippen LogP contribution in [0.3, 0.4) is 0 Å². The van der Waals surface area contributed by atoms with Crippen LogP contribution < -0.4 is 5.32 Å². The first kappa shape index (κ1) is 14.1. The van der Waals surface area contributed by atoms with Gasteiger partial charge in [-0.05, 0) is 44.9 Å². The average molecular weight is 264 g/mol. The summed E-state index contributed by atoms with van der Waals surface area (Å²) in [7, 11) is 0. The van der Waals surface area contributed by atoms with Crippen molar-refractivity contribution in [2.45, 2.75) is 33.7 Å². The quantitative estimate of drug-likeness (QED) is 0.875. The molecule has 2 heteroatoms. The Hall–Kier alpha value is -2.27. The second kappa shape index (κ2) is 5.79. The van der Waals surface area contributed by atoms with E-state index in [2.05, 4.69) is 50.4 Å². The summed E-state index contributed by atoms with van der Waals surface area (Å²) < 4.78 is 0. The van der Waals surface area contributed by atoms with Crippen molar-refractivity contribution in [2.24, 2.45) is 0 Å². The topological polar surface area (TPSA) is 35.8 Å². The van der Waals surface area contributed by atoms with Crippen LogP contribution in [0.2, 0.25) is 0 Å². The summed E-state index contributed by atoms with van der Waals surface area (Å²) in [4.78, 5) is 0. The highest BCUT2D eigenvalue weighted by Gasteiger charge is 2.10. The zero-order valence-corrected chi connectivity index (χ0v) is 12.5. The molecule has 0 saturated heterocycles. The van der Waals surface area contributed by atoms with Crippen LogP contribution in [0.1, 0.15) is 40.8 Å². The molecule has 0 aromatic heterocycles. The van der Waals surface area contributed by atoms with E-state index in [1.54, 1.807) is 0 Å². The standard InChI is InChI=1S/C18H20N2/c1-12-8-13(2)10-16(9-12)15(4)20-18-7-5-6-14(3)17(18)11-19/h5-10,15,20H,1-4H3. The number of rotatable bonds is 3. The minimum absolute atomic E-state index is 0.169. The molecule has 0 aliphatic heterocycles. The van der Waals surface area contributed by atoms with Gasteiger partial charge in [-0.2, -0.15) is 5.26 Å². The fourth-order valence-corrected chi connectivity index (χ4v) is 2.51. The summed E-state index contributed by atoms with van der Waals surface area (Å²) in [6.45, 7) is 8.30. The van der Waals surface area contributed by atoms with Crippen molar-refractivity contribution >= 4 is 5.69 Å². The second-order valence-electron chi connectivity index (χ2n) is 5.40. The van der Waals surface area contributed by atoms with Crippen molar-refractivity contribution in [3.63, 3.8) is 0 Å². The molecule has 2 aromatic rings. The van der Waals surface area contributed by atoms with Crippen molar-refractivity contribution in [2.75, 3.05) is 5.32 Å². The Morgan fingerprint density at radius 3 is 2.30 bits per heavy atom. The largest absolute Gasteiger partial charge is 0.377 e. The molecular weight excluding hydrogens is 244 g/mol. The smallest absolute Gasteiger partial charge is 0.102 e. The van der Waals surface area contributed by atoms with Gasteiger partial charge in [-0.1, -0.05) is 41.5 Å². The molecule has 0 heterocycles. The highest BCUT2D eigenvalue weighted by atomic mass is 14.9. The van der Waals surface area contributed by atoms with Crippen LogP contribution in [0, 0.1) is 32.1 Å². The van der Waals surface area contributed by atoms with Crippen molar-refractivity contribution in [3.05, 3.63) is 64.2 Å². The van der Waals surface area contributed by atoms with E-state index in [1.807, 2.05) is 25.1 Å². The van der Waals surface area contributed by atoms with E-state index in [0.29, 0.717) is 0 Å². The number of hydrogen-bond donors (Lipinski definition) is 1. The molecule has 0 radical (unpaired) electrons. The van der Waals surface area contributed by atoms with Gasteiger partial charge < -0.3 is 5.32 Å². The summed E-state index contributed by atoms with van der Waals surface area (Å²) in [5.74, 6) is 0. The molecule has 0 fully saturated rings. The number of nitrogens with one attached hydrogen (secondary N) is 1. The monoisotopic (exact) mass is 264 g/mol. The van der Waals surface area contributed by atoms with E-state index in [1.165, 1.54) is 16.7 Å². The van der Waals surface area contributed by atoms with Crippen molar-refractivity contribution in [3.8, 4) is 6.07 Å². The van der Waals surface area contributed by atoms with E-state index in [0.717, 1.165) is 16.8 Å². The van der Waals surface area contributed by atoms with Crippen molar-refractivity contribution < 1.29 is 0 Å². The maximum absolute atomic E-state index is 9.28. The normalized spacial score (nSPS) is 11.8. The third kappa shape index (κ3) is 3.00. The first-order chi connectivity index (χ1) is 9.51. The molecule has 0 saturated carbocycles. The van der Waals surface area contributed by atoms with E-state index in [9.17, 15) is 5.26 Å². The van der Waals surface area contributed by atoms with Gasteiger partial charge in [-0.3, -0.25) is 0 Å². The molecule has 0 bridgehead atoms. The molecule has 2 aromatic carbocycles. The minimum Gasteiger partial charge on any atom is -0.377 e. The maximum Gasteiger partial charge on any atom is 0.102 e. The Balaban J connectivity index is 2.30. The molecular formula is C18H20N2. The van der Waals surface area contributed by atoms with Crippen LogP contribution in [-0.2, 0) is 0 Å². The summed E-state index contributed by atoms with van der Waals surface area (Å²) >= 11 is 0. The molecule has 20 heavy (non-hydrogen) atoms. The fraction of sp³-hybridized carbons (Fsp3) is 0.278. The van der Waals surface area contributed by atoms with Gasteiger partial charge in [0.2, 0.25) is 0 Å². The minimum atomic E-state index is 0.169. The van der Waals surface area contributed by atoms with Gasteiger partial charge in [0.05, 0.1) is 11.3 Å². The maximum atomic E-state index is 9.28. The predicted molar refractivity (Wildman–Crippen MR) is 83.8 cm³/mol. The van der Waals surface area contributed by atoms with Crippen LogP contribution in [-0.4, -0.2) is 0 Å². The summed E-state index contributed by atoms with van der Waals surface area (Å²) in [5.41, 5.74) is 6.40. The molecule has 102 valence electrons. The summed E-state index contributed by atoms with van der Waals surface area (Å²) in [6, 6.07) is 14.9. The lowest BCUT2D eigenvalue weighted by Gasteiger charge is -2.18. The van der Waals surface area contributed by atoms with Gasteiger partial charge in [0.1, 0.15) is 6.07 Å². The Morgan fingerprint density at radius 2 is 1.70 bits per heavy atom. The molecule has 0 amide bonds. The number of hydrogen-bond acceptors (Lipinski definition) is 2. The highest BCUT2D eigenvalue weighted by Crippen LogP contribution is 2.25. The number of aryl methyl sites for hydroxylation is 3. The van der Waals surface area contributed by atoms with Gasteiger partial charge in [0, 0.05) is 6.04 Å². The Morgan fingerprint density at radius 1 is 1.05 bits per heavy atom. The van der Waals surface area contributed by atoms with E-state index in [-0.39, 0.29) is 6.04 Å². The molecule has 0 aliphatic rings. The average Bonchev–Trinajstić information content (AvgIpc) is 2.37. The van der Waals surface area contributed by atoms with Gasteiger partial charge in [-0.15, -0.1) is 0 Å². The SMILES string of the molecule is Cc1cc(C)cc(C(C)Nc2cccc(C)c2C#N)c1. The molecule has 1 N–H and O–H groups in total. The number of benzene rings is 2. The van der Waals surface area contributed by atoms with Gasteiger partial charge in [0.15, 0.2) is 0 Å². The van der Waals surface area contributed by atoms with Crippen LogP contribution >= 0.6 is 0 Å². The van der Waals surface area contributed by atoms with Crippen molar-refractivity contribution in [1.29, 1.82) is 5.26 Å².